The van der Waals surface area contributed by atoms with Gasteiger partial charge in [-0.15, -0.1) is 0 Å². The molecule has 0 saturated carbocycles. The van der Waals surface area contributed by atoms with E-state index in [0.29, 0.717) is 0 Å². The van der Waals surface area contributed by atoms with Crippen LogP contribution in [0.15, 0.2) is 18.2 Å². The number of rotatable bonds is 5. The summed E-state index contributed by atoms with van der Waals surface area (Å²) >= 11 is 0. The van der Waals surface area contributed by atoms with Gasteiger partial charge in [0.1, 0.15) is 0 Å². The second-order valence-electron chi connectivity index (χ2n) is 4.59. The van der Waals surface area contributed by atoms with Crippen molar-refractivity contribution in [2.24, 2.45) is 0 Å². The van der Waals surface area contributed by atoms with Crippen LogP contribution in [-0.2, 0) is 11.2 Å². The summed E-state index contributed by atoms with van der Waals surface area (Å²) in [6.45, 7) is 5.89. The lowest BCUT2D eigenvalue weighted by Crippen LogP contribution is -2.32. The van der Waals surface area contributed by atoms with E-state index in [1.165, 1.54) is 24.1 Å². The molecule has 0 radical (unpaired) electrons. The lowest BCUT2D eigenvalue weighted by Gasteiger charge is -2.31. The number of hydrogen-bond donors (Lipinski definition) is 1. The van der Waals surface area contributed by atoms with E-state index in [4.69, 9.17) is 10.5 Å². The van der Waals surface area contributed by atoms with Crippen LogP contribution in [0.4, 0.5) is 11.4 Å². The minimum Gasteiger partial charge on any atom is -0.399 e. The second kappa shape index (κ2) is 5.92. The molecule has 2 rings (SSSR count). The van der Waals surface area contributed by atoms with Crippen molar-refractivity contribution in [2.75, 3.05) is 36.9 Å². The van der Waals surface area contributed by atoms with E-state index in [0.717, 1.165) is 38.4 Å². The number of hydrogen-bond acceptors (Lipinski definition) is 3. The third kappa shape index (κ3) is 3.13. The number of benzene rings is 1. The van der Waals surface area contributed by atoms with Crippen molar-refractivity contribution < 1.29 is 4.74 Å². The van der Waals surface area contributed by atoms with Crippen molar-refractivity contribution >= 4 is 11.4 Å². The minimum atomic E-state index is 0.808. The molecule has 3 heteroatoms. The fourth-order valence-electron chi connectivity index (χ4n) is 2.32. The van der Waals surface area contributed by atoms with E-state index in [1.807, 2.05) is 6.07 Å². The van der Waals surface area contributed by atoms with Gasteiger partial charge in [0.15, 0.2) is 0 Å². The summed E-state index contributed by atoms with van der Waals surface area (Å²) in [7, 11) is 0. The van der Waals surface area contributed by atoms with E-state index in [1.54, 1.807) is 0 Å². The monoisotopic (exact) mass is 234 g/mol. The van der Waals surface area contributed by atoms with E-state index in [-0.39, 0.29) is 0 Å². The molecular formula is C14H22N2O. The molecule has 1 aliphatic rings. The number of anilines is 2. The number of aryl methyl sites for hydroxylation is 1. The number of fused-ring (bicyclic) bond motifs is 1. The van der Waals surface area contributed by atoms with Crippen molar-refractivity contribution in [2.45, 2.75) is 26.2 Å². The summed E-state index contributed by atoms with van der Waals surface area (Å²) < 4.78 is 5.56. The van der Waals surface area contributed by atoms with Gasteiger partial charge < -0.3 is 15.4 Å². The zero-order valence-electron chi connectivity index (χ0n) is 10.6. The van der Waals surface area contributed by atoms with Crippen LogP contribution in [0.1, 0.15) is 25.3 Å². The molecule has 1 aliphatic heterocycles. The Morgan fingerprint density at radius 2 is 2.24 bits per heavy atom. The molecule has 0 bridgehead atoms. The zero-order valence-corrected chi connectivity index (χ0v) is 10.6. The lowest BCUT2D eigenvalue weighted by molar-refractivity contribution is 0.140. The van der Waals surface area contributed by atoms with Crippen molar-refractivity contribution in [1.29, 1.82) is 0 Å². The molecule has 2 N–H and O–H groups in total. The maximum absolute atomic E-state index is 5.86. The van der Waals surface area contributed by atoms with Crippen LogP contribution in [-0.4, -0.2) is 26.3 Å². The molecule has 0 atom stereocenters. The standard InChI is InChI=1S/C14H22N2O/c1-2-9-17-10-8-16-7-3-4-12-5-6-13(15)11-14(12)16/h5-6,11H,2-4,7-10,15H2,1H3. The summed E-state index contributed by atoms with van der Waals surface area (Å²) in [6, 6.07) is 6.24. The third-order valence-corrected chi connectivity index (χ3v) is 3.18. The maximum Gasteiger partial charge on any atom is 0.0641 e. The number of ether oxygens (including phenoxy) is 1. The summed E-state index contributed by atoms with van der Waals surface area (Å²) in [4.78, 5) is 2.39. The Labute approximate surface area is 104 Å². The smallest absolute Gasteiger partial charge is 0.0641 e. The van der Waals surface area contributed by atoms with Gasteiger partial charge in [0.25, 0.3) is 0 Å². The average molecular weight is 234 g/mol. The number of nitrogens with zero attached hydrogens (tertiary/aromatic N) is 1. The zero-order chi connectivity index (χ0) is 12.1. The molecule has 1 aromatic rings. The molecule has 1 heterocycles. The van der Waals surface area contributed by atoms with Crippen LogP contribution in [0.25, 0.3) is 0 Å². The topological polar surface area (TPSA) is 38.5 Å². The van der Waals surface area contributed by atoms with Crippen LogP contribution in [0.3, 0.4) is 0 Å². The summed E-state index contributed by atoms with van der Waals surface area (Å²) in [5, 5.41) is 0. The van der Waals surface area contributed by atoms with Crippen molar-refractivity contribution in [3.8, 4) is 0 Å². The molecule has 0 spiro atoms. The molecule has 0 aliphatic carbocycles. The summed E-state index contributed by atoms with van der Waals surface area (Å²) in [5.41, 5.74) is 9.43. The Hall–Kier alpha value is -1.22. The largest absolute Gasteiger partial charge is 0.399 e. The minimum absolute atomic E-state index is 0.808. The first-order valence-electron chi connectivity index (χ1n) is 6.52. The Bertz CT molecular complexity index is 365. The molecule has 0 amide bonds. The Balaban J connectivity index is 1.98. The summed E-state index contributed by atoms with van der Waals surface area (Å²) in [6.07, 6.45) is 3.48. The summed E-state index contributed by atoms with van der Waals surface area (Å²) in [5.74, 6) is 0. The van der Waals surface area contributed by atoms with Crippen LogP contribution >= 0.6 is 0 Å². The van der Waals surface area contributed by atoms with Crippen LogP contribution < -0.4 is 10.6 Å². The fourth-order valence-corrected chi connectivity index (χ4v) is 2.32. The quantitative estimate of drug-likeness (QED) is 0.628. The number of nitrogen functional groups attached to an aromatic ring is 1. The molecular weight excluding hydrogens is 212 g/mol. The van der Waals surface area contributed by atoms with Gasteiger partial charge in [-0.3, -0.25) is 0 Å². The SMILES string of the molecule is CCCOCCN1CCCc2ccc(N)cc21. The first kappa shape index (κ1) is 12.2. The number of nitrogens with two attached hydrogens (primary N) is 1. The predicted octanol–water partition coefficient (Wildman–Crippen LogP) is 2.45. The van der Waals surface area contributed by atoms with Gasteiger partial charge >= 0.3 is 0 Å². The van der Waals surface area contributed by atoms with Gasteiger partial charge in [-0.2, -0.15) is 0 Å². The highest BCUT2D eigenvalue weighted by Gasteiger charge is 2.16. The molecule has 17 heavy (non-hydrogen) atoms. The van der Waals surface area contributed by atoms with Gasteiger partial charge in [-0.25, -0.2) is 0 Å². The Morgan fingerprint density at radius 1 is 1.35 bits per heavy atom. The highest BCUT2D eigenvalue weighted by molar-refractivity contribution is 5.62. The van der Waals surface area contributed by atoms with Crippen LogP contribution in [0, 0.1) is 0 Å². The highest BCUT2D eigenvalue weighted by atomic mass is 16.5. The van der Waals surface area contributed by atoms with Crippen molar-refractivity contribution in [1.82, 2.24) is 0 Å². The van der Waals surface area contributed by atoms with Crippen LogP contribution in [0.5, 0.6) is 0 Å². The van der Waals surface area contributed by atoms with Gasteiger partial charge in [0.05, 0.1) is 6.61 Å². The van der Waals surface area contributed by atoms with E-state index >= 15 is 0 Å². The van der Waals surface area contributed by atoms with Crippen molar-refractivity contribution in [3.05, 3.63) is 23.8 Å². The normalized spacial score (nSPS) is 14.8. The first-order valence-corrected chi connectivity index (χ1v) is 6.52. The first-order chi connectivity index (χ1) is 8.31. The molecule has 0 fully saturated rings. The third-order valence-electron chi connectivity index (χ3n) is 3.18. The van der Waals surface area contributed by atoms with Crippen molar-refractivity contribution in [3.63, 3.8) is 0 Å². The fraction of sp³-hybridized carbons (Fsp3) is 0.571. The Morgan fingerprint density at radius 3 is 3.06 bits per heavy atom. The van der Waals surface area contributed by atoms with Crippen LogP contribution in [0.2, 0.25) is 0 Å². The molecule has 0 aromatic heterocycles. The van der Waals surface area contributed by atoms with E-state index in [2.05, 4.69) is 24.0 Å². The maximum atomic E-state index is 5.86. The van der Waals surface area contributed by atoms with Gasteiger partial charge in [0.2, 0.25) is 0 Å². The molecule has 3 nitrogen and oxygen atoms in total. The average Bonchev–Trinajstić information content (AvgIpc) is 2.35. The highest BCUT2D eigenvalue weighted by Crippen LogP contribution is 2.28. The second-order valence-corrected chi connectivity index (χ2v) is 4.59. The molecule has 0 unspecified atom stereocenters. The molecule has 94 valence electrons. The van der Waals surface area contributed by atoms with E-state index < -0.39 is 0 Å². The van der Waals surface area contributed by atoms with Gasteiger partial charge in [-0.1, -0.05) is 13.0 Å². The van der Waals surface area contributed by atoms with Gasteiger partial charge in [0, 0.05) is 31.1 Å². The van der Waals surface area contributed by atoms with E-state index in [9.17, 15) is 0 Å². The molecule has 0 saturated heterocycles. The van der Waals surface area contributed by atoms with Gasteiger partial charge in [-0.05, 0) is 37.0 Å². The predicted molar refractivity (Wildman–Crippen MR) is 72.5 cm³/mol. The Kier molecular flexibility index (Phi) is 4.26. The lowest BCUT2D eigenvalue weighted by atomic mass is 10.0. The molecule has 1 aromatic carbocycles.